The van der Waals surface area contributed by atoms with Crippen molar-refractivity contribution >= 4 is 29.1 Å². The average molecular weight is 232 g/mol. The van der Waals surface area contributed by atoms with Gasteiger partial charge in [-0.15, -0.1) is 22.0 Å². The summed E-state index contributed by atoms with van der Waals surface area (Å²) in [7, 11) is 0. The minimum absolute atomic E-state index is 0.420. The number of nitrogen functional groups attached to an aromatic ring is 1. The molecule has 0 saturated carbocycles. The van der Waals surface area contributed by atoms with Gasteiger partial charge in [0.2, 0.25) is 0 Å². The lowest BCUT2D eigenvalue weighted by atomic mass is 10.3. The van der Waals surface area contributed by atoms with Crippen molar-refractivity contribution in [1.29, 1.82) is 0 Å². The minimum Gasteiger partial charge on any atom is -0.382 e. The molecule has 0 aliphatic rings. The summed E-state index contributed by atoms with van der Waals surface area (Å²) >= 11 is 1.71. The van der Waals surface area contributed by atoms with E-state index in [-0.39, 0.29) is 0 Å². The summed E-state index contributed by atoms with van der Waals surface area (Å²) in [4.78, 5) is 1.23. The van der Waals surface area contributed by atoms with Crippen LogP contribution in [0.3, 0.4) is 0 Å². The molecular weight excluding hydrogens is 220 g/mol. The highest BCUT2D eigenvalue weighted by Gasteiger charge is 1.97. The molecule has 0 radical (unpaired) electrons. The largest absolute Gasteiger partial charge is 0.382 e. The van der Waals surface area contributed by atoms with Crippen LogP contribution in [0.1, 0.15) is 0 Å². The SMILES string of the molecule is CSc1ccc(Nc2ccc(N)nn2)cc1. The number of anilines is 3. The quantitative estimate of drug-likeness (QED) is 0.796. The van der Waals surface area contributed by atoms with Gasteiger partial charge in [0, 0.05) is 10.6 Å². The highest BCUT2D eigenvalue weighted by atomic mass is 32.2. The first-order chi connectivity index (χ1) is 7.78. The molecule has 0 unspecified atom stereocenters. The van der Waals surface area contributed by atoms with Crippen LogP contribution in [0.5, 0.6) is 0 Å². The predicted molar refractivity (Wildman–Crippen MR) is 68.0 cm³/mol. The Bertz CT molecular complexity index is 452. The number of nitrogens with two attached hydrogens (primary N) is 1. The zero-order valence-corrected chi connectivity index (χ0v) is 9.66. The number of hydrogen-bond donors (Lipinski definition) is 2. The Kier molecular flexibility index (Phi) is 3.26. The predicted octanol–water partition coefficient (Wildman–Crippen LogP) is 2.52. The number of aromatic nitrogens is 2. The van der Waals surface area contributed by atoms with Crippen molar-refractivity contribution in [3.8, 4) is 0 Å². The molecule has 2 aromatic rings. The zero-order chi connectivity index (χ0) is 11.4. The molecule has 1 aromatic carbocycles. The van der Waals surface area contributed by atoms with Crippen molar-refractivity contribution < 1.29 is 0 Å². The van der Waals surface area contributed by atoms with Crippen molar-refractivity contribution in [3.05, 3.63) is 36.4 Å². The summed E-state index contributed by atoms with van der Waals surface area (Å²) in [6.45, 7) is 0. The molecule has 16 heavy (non-hydrogen) atoms. The van der Waals surface area contributed by atoms with Gasteiger partial charge in [0.25, 0.3) is 0 Å². The Morgan fingerprint density at radius 3 is 2.38 bits per heavy atom. The molecule has 5 heteroatoms. The van der Waals surface area contributed by atoms with Gasteiger partial charge in [-0.3, -0.25) is 0 Å². The van der Waals surface area contributed by atoms with Gasteiger partial charge in [-0.2, -0.15) is 0 Å². The molecule has 82 valence electrons. The molecule has 0 fully saturated rings. The molecule has 2 rings (SSSR count). The molecule has 0 aliphatic carbocycles. The van der Waals surface area contributed by atoms with E-state index in [2.05, 4.69) is 27.6 Å². The Balaban J connectivity index is 2.11. The molecule has 0 bridgehead atoms. The molecule has 0 amide bonds. The summed E-state index contributed by atoms with van der Waals surface area (Å²) in [5.74, 6) is 1.11. The number of benzene rings is 1. The van der Waals surface area contributed by atoms with Gasteiger partial charge in [0.05, 0.1) is 0 Å². The molecule has 0 aliphatic heterocycles. The van der Waals surface area contributed by atoms with E-state index >= 15 is 0 Å². The maximum atomic E-state index is 5.45. The second-order valence-electron chi connectivity index (χ2n) is 3.20. The lowest BCUT2D eigenvalue weighted by molar-refractivity contribution is 1.05. The van der Waals surface area contributed by atoms with Gasteiger partial charge in [-0.25, -0.2) is 0 Å². The molecule has 0 saturated heterocycles. The van der Waals surface area contributed by atoms with Crippen LogP contribution >= 0.6 is 11.8 Å². The fourth-order valence-electron chi connectivity index (χ4n) is 1.23. The van der Waals surface area contributed by atoms with E-state index in [9.17, 15) is 0 Å². The van der Waals surface area contributed by atoms with Gasteiger partial charge in [0.15, 0.2) is 5.82 Å². The number of thioether (sulfide) groups is 1. The van der Waals surface area contributed by atoms with Gasteiger partial charge in [0.1, 0.15) is 5.82 Å². The molecule has 0 spiro atoms. The van der Waals surface area contributed by atoms with Crippen LogP contribution in [-0.2, 0) is 0 Å². The van der Waals surface area contributed by atoms with E-state index in [4.69, 9.17) is 5.73 Å². The van der Waals surface area contributed by atoms with Crippen LogP contribution in [0, 0.1) is 0 Å². The lowest BCUT2D eigenvalue weighted by Gasteiger charge is -2.05. The summed E-state index contributed by atoms with van der Waals surface area (Å²) in [6, 6.07) is 11.6. The molecule has 1 heterocycles. The highest BCUT2D eigenvalue weighted by molar-refractivity contribution is 7.98. The first-order valence-corrected chi connectivity index (χ1v) is 6.01. The Hall–Kier alpha value is -1.75. The average Bonchev–Trinajstić information content (AvgIpc) is 2.33. The van der Waals surface area contributed by atoms with Crippen LogP contribution in [0.2, 0.25) is 0 Å². The standard InChI is InChI=1S/C11H12N4S/c1-16-9-4-2-8(3-5-9)13-11-7-6-10(12)14-15-11/h2-7H,1H3,(H2,12,14)(H,13,15). The van der Waals surface area contributed by atoms with E-state index in [1.54, 1.807) is 23.9 Å². The molecule has 0 atom stereocenters. The summed E-state index contributed by atoms with van der Waals surface area (Å²) < 4.78 is 0. The fraction of sp³-hybridized carbons (Fsp3) is 0.0909. The van der Waals surface area contributed by atoms with Crippen molar-refractivity contribution in [1.82, 2.24) is 10.2 Å². The second-order valence-corrected chi connectivity index (χ2v) is 4.08. The second kappa shape index (κ2) is 4.85. The topological polar surface area (TPSA) is 63.8 Å². The van der Waals surface area contributed by atoms with E-state index in [0.717, 1.165) is 5.69 Å². The van der Waals surface area contributed by atoms with Crippen LogP contribution in [0.15, 0.2) is 41.3 Å². The van der Waals surface area contributed by atoms with Gasteiger partial charge in [-0.05, 0) is 42.7 Å². The van der Waals surface area contributed by atoms with Crippen molar-refractivity contribution in [3.63, 3.8) is 0 Å². The maximum Gasteiger partial charge on any atom is 0.153 e. The number of nitrogens with one attached hydrogen (secondary N) is 1. The van der Waals surface area contributed by atoms with E-state index in [1.165, 1.54) is 4.90 Å². The molecular formula is C11H12N4S. The molecule has 4 nitrogen and oxygen atoms in total. The Labute approximate surface area is 98.3 Å². The summed E-state index contributed by atoms with van der Waals surface area (Å²) in [5.41, 5.74) is 6.44. The van der Waals surface area contributed by atoms with Crippen LogP contribution in [0.4, 0.5) is 17.3 Å². The van der Waals surface area contributed by atoms with Crippen LogP contribution < -0.4 is 11.1 Å². The zero-order valence-electron chi connectivity index (χ0n) is 8.84. The first kappa shape index (κ1) is 10.8. The minimum atomic E-state index is 0.420. The fourth-order valence-corrected chi connectivity index (χ4v) is 1.64. The Morgan fingerprint density at radius 1 is 1.06 bits per heavy atom. The third-order valence-electron chi connectivity index (χ3n) is 2.05. The number of hydrogen-bond acceptors (Lipinski definition) is 5. The molecule has 1 aromatic heterocycles. The number of rotatable bonds is 3. The van der Waals surface area contributed by atoms with Gasteiger partial charge < -0.3 is 11.1 Å². The van der Waals surface area contributed by atoms with E-state index < -0.39 is 0 Å². The third kappa shape index (κ3) is 2.64. The maximum absolute atomic E-state index is 5.45. The van der Waals surface area contributed by atoms with E-state index in [0.29, 0.717) is 11.6 Å². The monoisotopic (exact) mass is 232 g/mol. The van der Waals surface area contributed by atoms with Gasteiger partial charge in [-0.1, -0.05) is 0 Å². The number of nitrogens with zero attached hydrogens (tertiary/aromatic N) is 2. The molecule has 3 N–H and O–H groups in total. The lowest BCUT2D eigenvalue weighted by Crippen LogP contribution is -1.97. The van der Waals surface area contributed by atoms with Crippen LogP contribution in [0.25, 0.3) is 0 Å². The smallest absolute Gasteiger partial charge is 0.153 e. The third-order valence-corrected chi connectivity index (χ3v) is 2.79. The van der Waals surface area contributed by atoms with Crippen molar-refractivity contribution in [2.45, 2.75) is 4.90 Å². The van der Waals surface area contributed by atoms with Crippen molar-refractivity contribution in [2.24, 2.45) is 0 Å². The van der Waals surface area contributed by atoms with Crippen molar-refractivity contribution in [2.75, 3.05) is 17.3 Å². The Morgan fingerprint density at radius 2 is 1.81 bits per heavy atom. The van der Waals surface area contributed by atoms with E-state index in [1.807, 2.05) is 18.4 Å². The first-order valence-electron chi connectivity index (χ1n) is 4.78. The summed E-state index contributed by atoms with van der Waals surface area (Å²) in [6.07, 6.45) is 2.05. The summed E-state index contributed by atoms with van der Waals surface area (Å²) in [5, 5.41) is 10.8. The van der Waals surface area contributed by atoms with Crippen LogP contribution in [-0.4, -0.2) is 16.5 Å². The highest BCUT2D eigenvalue weighted by Crippen LogP contribution is 2.19. The van der Waals surface area contributed by atoms with Gasteiger partial charge >= 0.3 is 0 Å². The normalized spacial score (nSPS) is 10.1.